The second-order valence-electron chi connectivity index (χ2n) is 10.2. The number of carbonyl (C=O) groups is 5. The summed E-state index contributed by atoms with van der Waals surface area (Å²) in [7, 11) is 0. The minimum atomic E-state index is -0.840. The maximum Gasteiger partial charge on any atom is 0.343 e. The van der Waals surface area contributed by atoms with Gasteiger partial charge in [0.15, 0.2) is 17.3 Å². The van der Waals surface area contributed by atoms with E-state index in [9.17, 15) is 24.0 Å². The standard InChI is InChI=1S/C30H31N3O7/c1-17(34)32-22-11-6-19(7-12-22)28(37)39-24-15-10-21(26(36)27(31)30(3,4)5)16-25(24)40-29(38)20-8-13-23(14-9-20)33-18(2)35/h6-16,27H,31H2,1-5H3,(H,32,34)(H,33,35). The quantitative estimate of drug-likeness (QED) is 0.211. The van der Waals surface area contributed by atoms with Crippen LogP contribution in [0, 0.1) is 5.41 Å². The van der Waals surface area contributed by atoms with Gasteiger partial charge < -0.3 is 25.8 Å². The molecule has 0 aliphatic carbocycles. The fraction of sp³-hybridized carbons (Fsp3) is 0.233. The molecule has 0 aliphatic heterocycles. The van der Waals surface area contributed by atoms with Gasteiger partial charge in [-0.1, -0.05) is 20.8 Å². The Hall–Kier alpha value is -4.83. The summed E-state index contributed by atoms with van der Waals surface area (Å²) in [4.78, 5) is 61.4. The molecule has 0 saturated carbocycles. The number of anilines is 2. The topological polar surface area (TPSA) is 154 Å². The number of nitrogens with one attached hydrogen (secondary N) is 2. The second-order valence-corrected chi connectivity index (χ2v) is 10.2. The van der Waals surface area contributed by atoms with Crippen molar-refractivity contribution in [3.8, 4) is 11.5 Å². The highest BCUT2D eigenvalue weighted by Gasteiger charge is 2.29. The summed E-state index contributed by atoms with van der Waals surface area (Å²) in [5, 5.41) is 5.21. The van der Waals surface area contributed by atoms with E-state index in [4.69, 9.17) is 15.2 Å². The number of esters is 2. The fourth-order valence-electron chi connectivity index (χ4n) is 3.50. The average molecular weight is 546 g/mol. The predicted octanol–water partition coefficient (Wildman–Crippen LogP) is 4.60. The van der Waals surface area contributed by atoms with Gasteiger partial charge in [-0.3, -0.25) is 14.4 Å². The Morgan fingerprint density at radius 2 is 1.05 bits per heavy atom. The van der Waals surface area contributed by atoms with Crippen LogP contribution in [0.1, 0.15) is 65.7 Å². The minimum absolute atomic E-state index is 0.0972. The number of benzene rings is 3. The van der Waals surface area contributed by atoms with E-state index in [1.807, 2.05) is 20.8 Å². The summed E-state index contributed by atoms with van der Waals surface area (Å²) in [5.74, 6) is -2.69. The monoisotopic (exact) mass is 545 g/mol. The molecule has 0 aromatic heterocycles. The zero-order valence-electron chi connectivity index (χ0n) is 22.9. The third-order valence-corrected chi connectivity index (χ3v) is 5.73. The second kappa shape index (κ2) is 12.4. The van der Waals surface area contributed by atoms with Gasteiger partial charge >= 0.3 is 11.9 Å². The first-order valence-electron chi connectivity index (χ1n) is 12.4. The van der Waals surface area contributed by atoms with Gasteiger partial charge in [-0.25, -0.2) is 9.59 Å². The van der Waals surface area contributed by atoms with E-state index in [-0.39, 0.29) is 45.8 Å². The van der Waals surface area contributed by atoms with Crippen molar-refractivity contribution >= 4 is 40.9 Å². The number of hydrogen-bond donors (Lipinski definition) is 3. The Morgan fingerprint density at radius 1 is 0.650 bits per heavy atom. The molecule has 2 amide bonds. The molecular weight excluding hydrogens is 514 g/mol. The molecule has 3 rings (SSSR count). The lowest BCUT2D eigenvalue weighted by molar-refractivity contribution is -0.115. The maximum atomic E-state index is 13.1. The third kappa shape index (κ3) is 7.84. The van der Waals surface area contributed by atoms with E-state index in [2.05, 4.69) is 10.6 Å². The first-order valence-corrected chi connectivity index (χ1v) is 12.4. The predicted molar refractivity (Wildman–Crippen MR) is 150 cm³/mol. The lowest BCUT2D eigenvalue weighted by Crippen LogP contribution is -2.42. The lowest BCUT2D eigenvalue weighted by atomic mass is 9.83. The molecule has 40 heavy (non-hydrogen) atoms. The van der Waals surface area contributed by atoms with E-state index in [1.165, 1.54) is 68.4 Å². The van der Waals surface area contributed by atoms with Crippen molar-refractivity contribution in [1.82, 2.24) is 0 Å². The molecule has 10 nitrogen and oxygen atoms in total. The first-order chi connectivity index (χ1) is 18.7. The Balaban J connectivity index is 1.91. The number of amides is 2. The molecule has 0 heterocycles. The molecule has 4 N–H and O–H groups in total. The highest BCUT2D eigenvalue weighted by atomic mass is 16.6. The molecule has 0 saturated heterocycles. The van der Waals surface area contributed by atoms with Gasteiger partial charge in [-0.2, -0.15) is 0 Å². The van der Waals surface area contributed by atoms with Crippen LogP contribution in [0.3, 0.4) is 0 Å². The van der Waals surface area contributed by atoms with Gasteiger partial charge in [0.2, 0.25) is 11.8 Å². The number of ketones is 1. The summed E-state index contributed by atoms with van der Waals surface area (Å²) < 4.78 is 11.1. The van der Waals surface area contributed by atoms with Crippen LogP contribution < -0.4 is 25.8 Å². The van der Waals surface area contributed by atoms with Gasteiger partial charge in [0, 0.05) is 30.8 Å². The number of ether oxygens (including phenoxy) is 2. The molecule has 10 heteroatoms. The summed E-state index contributed by atoms with van der Waals surface area (Å²) in [6.07, 6.45) is 0. The summed E-state index contributed by atoms with van der Waals surface area (Å²) >= 11 is 0. The highest BCUT2D eigenvalue weighted by Crippen LogP contribution is 2.32. The van der Waals surface area contributed by atoms with Crippen LogP contribution in [0.25, 0.3) is 0 Å². The van der Waals surface area contributed by atoms with Crippen LogP contribution in [0.4, 0.5) is 11.4 Å². The van der Waals surface area contributed by atoms with Crippen LogP contribution in [-0.2, 0) is 9.59 Å². The number of carbonyl (C=O) groups excluding carboxylic acids is 5. The Morgan fingerprint density at radius 3 is 1.45 bits per heavy atom. The largest absolute Gasteiger partial charge is 0.419 e. The van der Waals surface area contributed by atoms with Gasteiger partial charge in [0.25, 0.3) is 0 Å². The Bertz CT molecular complexity index is 1440. The van der Waals surface area contributed by atoms with E-state index >= 15 is 0 Å². The molecule has 3 aromatic carbocycles. The summed E-state index contributed by atoms with van der Waals surface area (Å²) in [6.45, 7) is 8.21. The van der Waals surface area contributed by atoms with E-state index < -0.39 is 23.4 Å². The van der Waals surface area contributed by atoms with E-state index in [1.54, 1.807) is 12.1 Å². The molecule has 1 atom stereocenters. The number of nitrogens with two attached hydrogens (primary N) is 1. The molecule has 0 bridgehead atoms. The number of hydrogen-bond acceptors (Lipinski definition) is 8. The third-order valence-electron chi connectivity index (χ3n) is 5.73. The molecule has 0 spiro atoms. The van der Waals surface area contributed by atoms with Crippen LogP contribution in [0.2, 0.25) is 0 Å². The van der Waals surface area contributed by atoms with Crippen LogP contribution in [0.15, 0.2) is 66.7 Å². The molecular formula is C30H31N3O7. The van der Waals surface area contributed by atoms with Gasteiger partial charge in [0.05, 0.1) is 17.2 Å². The van der Waals surface area contributed by atoms with Crippen LogP contribution >= 0.6 is 0 Å². The van der Waals surface area contributed by atoms with Crippen LogP contribution in [-0.4, -0.2) is 35.6 Å². The molecule has 208 valence electrons. The molecule has 0 aliphatic rings. The van der Waals surface area contributed by atoms with Gasteiger partial charge in [0.1, 0.15) is 0 Å². The van der Waals surface area contributed by atoms with Crippen molar-refractivity contribution in [3.63, 3.8) is 0 Å². The number of Topliss-reactive ketones (excluding diaryl/α,β-unsaturated/α-hetero) is 1. The van der Waals surface area contributed by atoms with Gasteiger partial charge in [-0.15, -0.1) is 0 Å². The SMILES string of the molecule is CC(=O)Nc1ccc(C(=O)Oc2ccc(C(=O)C(N)C(C)(C)C)cc2OC(=O)c2ccc(NC(C)=O)cc2)cc1. The Labute approximate surface area is 231 Å². The van der Waals surface area contributed by atoms with Crippen molar-refractivity contribution in [1.29, 1.82) is 0 Å². The van der Waals surface area contributed by atoms with E-state index in [0.29, 0.717) is 11.4 Å². The summed E-state index contributed by atoms with van der Waals surface area (Å²) in [6, 6.07) is 15.3. The molecule has 0 radical (unpaired) electrons. The molecule has 0 fully saturated rings. The lowest BCUT2D eigenvalue weighted by Gasteiger charge is -2.25. The van der Waals surface area contributed by atoms with Gasteiger partial charge in [-0.05, 0) is 72.1 Å². The van der Waals surface area contributed by atoms with Crippen molar-refractivity contribution < 1.29 is 33.4 Å². The first kappa shape index (κ1) is 29.7. The number of rotatable bonds is 8. The average Bonchev–Trinajstić information content (AvgIpc) is 2.88. The van der Waals surface area contributed by atoms with E-state index in [0.717, 1.165) is 0 Å². The zero-order chi connectivity index (χ0) is 29.6. The summed E-state index contributed by atoms with van der Waals surface area (Å²) in [5.41, 5.74) is 7.12. The fourth-order valence-corrected chi connectivity index (χ4v) is 3.50. The Kier molecular flexibility index (Phi) is 9.18. The molecule has 3 aromatic rings. The minimum Gasteiger partial charge on any atom is -0.419 e. The normalized spacial score (nSPS) is 11.7. The highest BCUT2D eigenvalue weighted by molar-refractivity contribution is 6.02. The maximum absolute atomic E-state index is 13.1. The van der Waals surface area contributed by atoms with Crippen molar-refractivity contribution in [2.75, 3.05) is 10.6 Å². The van der Waals surface area contributed by atoms with Crippen molar-refractivity contribution in [2.45, 2.75) is 40.7 Å². The molecule has 1 unspecified atom stereocenters. The zero-order valence-corrected chi connectivity index (χ0v) is 22.9. The van der Waals surface area contributed by atoms with Crippen molar-refractivity contribution in [2.24, 2.45) is 11.1 Å². The smallest absolute Gasteiger partial charge is 0.343 e. The van der Waals surface area contributed by atoms with Crippen LogP contribution in [0.5, 0.6) is 11.5 Å². The van der Waals surface area contributed by atoms with Crippen molar-refractivity contribution in [3.05, 3.63) is 83.4 Å².